The standard InChI is InChI=1S/C25H23F3N6O2/c1-2-36-24(35)14-6-5-11-33(13-14)25-30-21(17-9-4-10-18(27)20(17)28)19-22(29)34(32-23(19)31-25)16-8-3-7-15(26)12-16/h3-4,7-10,12,14H,2,5-6,11,13,29H2,1H3. The number of rotatable bonds is 5. The van der Waals surface area contributed by atoms with Gasteiger partial charge in [-0.1, -0.05) is 12.1 Å². The van der Waals surface area contributed by atoms with Gasteiger partial charge in [-0.05, 0) is 50.1 Å². The maximum atomic E-state index is 14.9. The maximum Gasteiger partial charge on any atom is 0.310 e. The first-order valence-corrected chi connectivity index (χ1v) is 11.6. The van der Waals surface area contributed by atoms with Gasteiger partial charge in [-0.3, -0.25) is 4.79 Å². The Morgan fingerprint density at radius 3 is 2.75 bits per heavy atom. The van der Waals surface area contributed by atoms with E-state index in [0.717, 1.165) is 6.07 Å². The van der Waals surface area contributed by atoms with Crippen LogP contribution in [-0.2, 0) is 9.53 Å². The highest BCUT2D eigenvalue weighted by molar-refractivity contribution is 5.99. The Morgan fingerprint density at radius 1 is 1.17 bits per heavy atom. The number of benzene rings is 2. The van der Waals surface area contributed by atoms with Crippen LogP contribution in [-0.4, -0.2) is 45.4 Å². The van der Waals surface area contributed by atoms with Crippen LogP contribution < -0.4 is 10.6 Å². The number of hydrogen-bond acceptors (Lipinski definition) is 7. The van der Waals surface area contributed by atoms with Crippen molar-refractivity contribution in [2.75, 3.05) is 30.3 Å². The molecule has 1 aliphatic rings. The minimum Gasteiger partial charge on any atom is -0.466 e. The molecule has 1 fully saturated rings. The second kappa shape index (κ2) is 9.48. The van der Waals surface area contributed by atoms with Crippen molar-refractivity contribution in [3.05, 3.63) is 59.9 Å². The van der Waals surface area contributed by atoms with Crippen LogP contribution in [0.2, 0.25) is 0 Å². The van der Waals surface area contributed by atoms with Crippen LogP contribution in [0.1, 0.15) is 19.8 Å². The molecule has 2 N–H and O–H groups in total. The summed E-state index contributed by atoms with van der Waals surface area (Å²) in [5, 5.41) is 4.64. The van der Waals surface area contributed by atoms with Gasteiger partial charge < -0.3 is 15.4 Å². The van der Waals surface area contributed by atoms with E-state index in [4.69, 9.17) is 10.5 Å². The highest BCUT2D eigenvalue weighted by Crippen LogP contribution is 2.36. The molecule has 36 heavy (non-hydrogen) atoms. The fourth-order valence-electron chi connectivity index (χ4n) is 4.44. The van der Waals surface area contributed by atoms with Crippen LogP contribution in [0, 0.1) is 23.4 Å². The zero-order valence-corrected chi connectivity index (χ0v) is 19.4. The lowest BCUT2D eigenvalue weighted by atomic mass is 9.98. The third-order valence-electron chi connectivity index (χ3n) is 6.14. The number of nitrogen functional groups attached to an aromatic ring is 1. The second-order valence-corrected chi connectivity index (χ2v) is 8.49. The number of anilines is 2. The summed E-state index contributed by atoms with van der Waals surface area (Å²) in [6, 6.07) is 9.40. The normalized spacial score (nSPS) is 15.9. The van der Waals surface area contributed by atoms with Crippen LogP contribution in [0.25, 0.3) is 28.0 Å². The third kappa shape index (κ3) is 4.21. The number of hydrogen-bond donors (Lipinski definition) is 1. The number of carbonyl (C=O) groups is 1. The molecule has 0 saturated carbocycles. The summed E-state index contributed by atoms with van der Waals surface area (Å²) in [5.41, 5.74) is 6.76. The van der Waals surface area contributed by atoms with Gasteiger partial charge in [-0.2, -0.15) is 4.98 Å². The van der Waals surface area contributed by atoms with Gasteiger partial charge in [0.15, 0.2) is 17.3 Å². The Balaban J connectivity index is 1.68. The summed E-state index contributed by atoms with van der Waals surface area (Å²) in [4.78, 5) is 23.3. The van der Waals surface area contributed by atoms with E-state index in [1.54, 1.807) is 17.9 Å². The number of halogens is 3. The van der Waals surface area contributed by atoms with Gasteiger partial charge in [0, 0.05) is 18.7 Å². The van der Waals surface area contributed by atoms with Gasteiger partial charge in [0.05, 0.1) is 29.3 Å². The average Bonchev–Trinajstić information content (AvgIpc) is 3.22. The van der Waals surface area contributed by atoms with Gasteiger partial charge in [0.25, 0.3) is 0 Å². The number of fused-ring (bicyclic) bond motifs is 1. The van der Waals surface area contributed by atoms with Crippen molar-refractivity contribution < 1.29 is 22.7 Å². The van der Waals surface area contributed by atoms with Gasteiger partial charge in [-0.15, -0.1) is 5.10 Å². The van der Waals surface area contributed by atoms with Crippen LogP contribution >= 0.6 is 0 Å². The molecular formula is C25H23F3N6O2. The fraction of sp³-hybridized carbons (Fsp3) is 0.280. The average molecular weight is 496 g/mol. The van der Waals surface area contributed by atoms with E-state index in [0.29, 0.717) is 31.6 Å². The largest absolute Gasteiger partial charge is 0.466 e. The van der Waals surface area contributed by atoms with Crippen molar-refractivity contribution in [3.63, 3.8) is 0 Å². The molecule has 0 aliphatic carbocycles. The summed E-state index contributed by atoms with van der Waals surface area (Å²) >= 11 is 0. The summed E-state index contributed by atoms with van der Waals surface area (Å²) in [6.45, 7) is 2.87. The Kier molecular flexibility index (Phi) is 6.21. The number of esters is 1. The van der Waals surface area contributed by atoms with Crippen molar-refractivity contribution >= 4 is 28.8 Å². The molecule has 2 aromatic heterocycles. The predicted octanol–water partition coefficient (Wildman–Crippen LogP) is 4.26. The first-order chi connectivity index (χ1) is 17.4. The molecule has 0 amide bonds. The summed E-state index contributed by atoms with van der Waals surface area (Å²) in [5.74, 6) is -3.07. The highest BCUT2D eigenvalue weighted by Gasteiger charge is 2.30. The van der Waals surface area contributed by atoms with Gasteiger partial charge >= 0.3 is 5.97 Å². The number of piperidine rings is 1. The lowest BCUT2D eigenvalue weighted by molar-refractivity contribution is -0.148. The SMILES string of the molecule is CCOC(=O)C1CCCN(c2nc(-c3cccc(F)c3F)c3c(N)n(-c4cccc(F)c4)nc3n2)C1. The Bertz CT molecular complexity index is 1460. The number of nitrogens with two attached hydrogens (primary N) is 1. The van der Waals surface area contributed by atoms with Crippen molar-refractivity contribution in [1.82, 2.24) is 19.7 Å². The van der Waals surface area contributed by atoms with Crippen LogP contribution in [0.4, 0.5) is 24.9 Å². The molecule has 1 atom stereocenters. The number of ether oxygens (including phenoxy) is 1. The van der Waals surface area contributed by atoms with E-state index in [1.165, 1.54) is 35.0 Å². The summed E-state index contributed by atoms with van der Waals surface area (Å²) in [7, 11) is 0. The molecule has 0 bridgehead atoms. The molecule has 8 nitrogen and oxygen atoms in total. The lowest BCUT2D eigenvalue weighted by Crippen LogP contribution is -2.40. The molecule has 2 aromatic carbocycles. The van der Waals surface area contributed by atoms with E-state index >= 15 is 0 Å². The number of aromatic nitrogens is 4. The summed E-state index contributed by atoms with van der Waals surface area (Å²) in [6.07, 6.45) is 1.35. The molecule has 3 heterocycles. The van der Waals surface area contributed by atoms with Gasteiger partial charge in [-0.25, -0.2) is 22.8 Å². The third-order valence-corrected chi connectivity index (χ3v) is 6.14. The van der Waals surface area contributed by atoms with E-state index in [2.05, 4.69) is 15.1 Å². The minimum atomic E-state index is -1.09. The van der Waals surface area contributed by atoms with E-state index in [1.807, 2.05) is 0 Å². The molecule has 11 heteroatoms. The first-order valence-electron chi connectivity index (χ1n) is 11.6. The van der Waals surface area contributed by atoms with Crippen molar-refractivity contribution in [3.8, 4) is 16.9 Å². The van der Waals surface area contributed by atoms with Crippen LogP contribution in [0.15, 0.2) is 42.5 Å². The Morgan fingerprint density at radius 2 is 1.97 bits per heavy atom. The highest BCUT2D eigenvalue weighted by atomic mass is 19.2. The number of nitrogens with zero attached hydrogens (tertiary/aromatic N) is 5. The second-order valence-electron chi connectivity index (χ2n) is 8.49. The van der Waals surface area contributed by atoms with E-state index < -0.39 is 17.5 Å². The molecule has 4 aromatic rings. The zero-order chi connectivity index (χ0) is 25.4. The smallest absolute Gasteiger partial charge is 0.310 e. The predicted molar refractivity (Wildman–Crippen MR) is 128 cm³/mol. The van der Waals surface area contributed by atoms with Gasteiger partial charge in [0.2, 0.25) is 5.95 Å². The Hall–Kier alpha value is -4.15. The van der Waals surface area contributed by atoms with E-state index in [9.17, 15) is 18.0 Å². The van der Waals surface area contributed by atoms with E-state index in [-0.39, 0.29) is 52.6 Å². The molecular weight excluding hydrogens is 473 g/mol. The van der Waals surface area contributed by atoms with Gasteiger partial charge in [0.1, 0.15) is 11.6 Å². The molecule has 1 aliphatic heterocycles. The Labute approximate surface area is 204 Å². The molecule has 1 unspecified atom stereocenters. The molecule has 186 valence electrons. The minimum absolute atomic E-state index is 0.0452. The van der Waals surface area contributed by atoms with Crippen LogP contribution in [0.5, 0.6) is 0 Å². The lowest BCUT2D eigenvalue weighted by Gasteiger charge is -2.31. The van der Waals surface area contributed by atoms with Crippen molar-refractivity contribution in [2.45, 2.75) is 19.8 Å². The summed E-state index contributed by atoms with van der Waals surface area (Å²) < 4.78 is 49.5. The monoisotopic (exact) mass is 496 g/mol. The fourth-order valence-corrected chi connectivity index (χ4v) is 4.44. The van der Waals surface area contributed by atoms with Crippen molar-refractivity contribution in [1.29, 1.82) is 0 Å². The first kappa shape index (κ1) is 23.6. The molecule has 0 spiro atoms. The van der Waals surface area contributed by atoms with Crippen LogP contribution in [0.3, 0.4) is 0 Å². The van der Waals surface area contributed by atoms with Crippen molar-refractivity contribution in [2.24, 2.45) is 5.92 Å². The topological polar surface area (TPSA) is 99.2 Å². The molecule has 1 saturated heterocycles. The number of carbonyl (C=O) groups excluding carboxylic acids is 1. The quantitative estimate of drug-likeness (QED) is 0.412. The maximum absolute atomic E-state index is 14.9. The molecule has 5 rings (SSSR count). The zero-order valence-electron chi connectivity index (χ0n) is 19.4. The molecule has 0 radical (unpaired) electrons.